The van der Waals surface area contributed by atoms with Gasteiger partial charge >= 0.3 is 5.97 Å². The molecule has 0 aromatic heterocycles. The van der Waals surface area contributed by atoms with E-state index in [4.69, 9.17) is 10.8 Å². The van der Waals surface area contributed by atoms with Crippen LogP contribution in [0.25, 0.3) is 0 Å². The normalized spacial score (nSPS) is 19.6. The molecular formula is C12H14N2O3. The first-order chi connectivity index (χ1) is 8.08. The summed E-state index contributed by atoms with van der Waals surface area (Å²) in [4.78, 5) is 23.7. The zero-order valence-corrected chi connectivity index (χ0v) is 9.30. The quantitative estimate of drug-likeness (QED) is 0.770. The molecule has 0 spiro atoms. The summed E-state index contributed by atoms with van der Waals surface area (Å²) in [6.45, 7) is 0.432. The van der Waals surface area contributed by atoms with Crippen molar-refractivity contribution in [2.45, 2.75) is 19.0 Å². The molecular weight excluding hydrogens is 220 g/mol. The Bertz CT molecular complexity index is 459. The van der Waals surface area contributed by atoms with Gasteiger partial charge in [-0.1, -0.05) is 24.3 Å². The Morgan fingerprint density at radius 1 is 1.35 bits per heavy atom. The number of rotatable bonds is 3. The molecule has 1 atom stereocenters. The van der Waals surface area contributed by atoms with E-state index in [2.05, 4.69) is 0 Å². The Kier molecular flexibility index (Phi) is 3.10. The second-order valence-electron chi connectivity index (χ2n) is 4.20. The smallest absolute Gasteiger partial charge is 0.321 e. The Morgan fingerprint density at radius 2 is 2.00 bits per heavy atom. The molecule has 1 heterocycles. The summed E-state index contributed by atoms with van der Waals surface area (Å²) in [6, 6.07) is 7.00. The van der Waals surface area contributed by atoms with Crippen LogP contribution in [0.2, 0.25) is 0 Å². The van der Waals surface area contributed by atoms with Crippen LogP contribution in [0.4, 0.5) is 0 Å². The van der Waals surface area contributed by atoms with Gasteiger partial charge in [0.1, 0.15) is 6.04 Å². The number of fused-ring (bicyclic) bond motifs is 1. The fourth-order valence-corrected chi connectivity index (χ4v) is 2.19. The maximum absolute atomic E-state index is 11.2. The van der Waals surface area contributed by atoms with Gasteiger partial charge in [-0.15, -0.1) is 0 Å². The fourth-order valence-electron chi connectivity index (χ4n) is 2.19. The van der Waals surface area contributed by atoms with Crippen molar-refractivity contribution in [3.05, 3.63) is 35.4 Å². The van der Waals surface area contributed by atoms with E-state index in [1.165, 1.54) is 0 Å². The molecule has 2 rings (SSSR count). The van der Waals surface area contributed by atoms with Gasteiger partial charge in [-0.3, -0.25) is 14.5 Å². The molecule has 0 radical (unpaired) electrons. The minimum atomic E-state index is -0.916. The minimum absolute atomic E-state index is 0.0225. The molecule has 1 amide bonds. The van der Waals surface area contributed by atoms with E-state index in [0.717, 1.165) is 11.1 Å². The summed E-state index contributed by atoms with van der Waals surface area (Å²) in [6.07, 6.45) is 0.415. The van der Waals surface area contributed by atoms with Crippen molar-refractivity contribution < 1.29 is 14.7 Å². The average Bonchev–Trinajstić information content (AvgIpc) is 2.27. The summed E-state index contributed by atoms with van der Waals surface area (Å²) in [5.41, 5.74) is 7.22. The number of nitrogens with zero attached hydrogens (tertiary/aromatic N) is 1. The first-order valence-corrected chi connectivity index (χ1v) is 5.40. The van der Waals surface area contributed by atoms with Gasteiger partial charge in [0.2, 0.25) is 5.91 Å². The van der Waals surface area contributed by atoms with E-state index in [1.54, 1.807) is 4.90 Å². The number of amides is 1. The topological polar surface area (TPSA) is 83.6 Å². The second kappa shape index (κ2) is 4.55. The molecule has 1 aromatic rings. The standard InChI is InChI=1S/C12H14N2O3/c13-11(15)7-14-6-9-4-2-1-3-8(9)5-10(14)12(16)17/h1-4,10H,5-7H2,(H2,13,15)(H,16,17). The number of nitrogens with two attached hydrogens (primary N) is 1. The molecule has 0 aliphatic carbocycles. The molecule has 5 heteroatoms. The lowest BCUT2D eigenvalue weighted by Gasteiger charge is -2.33. The molecule has 1 unspecified atom stereocenters. The minimum Gasteiger partial charge on any atom is -0.480 e. The maximum Gasteiger partial charge on any atom is 0.321 e. The number of carbonyl (C=O) groups excluding carboxylic acids is 1. The van der Waals surface area contributed by atoms with E-state index < -0.39 is 17.9 Å². The number of benzene rings is 1. The lowest BCUT2D eigenvalue weighted by Crippen LogP contribution is -2.48. The van der Waals surface area contributed by atoms with Gasteiger partial charge in [0.15, 0.2) is 0 Å². The van der Waals surface area contributed by atoms with Crippen molar-refractivity contribution in [2.75, 3.05) is 6.54 Å². The number of hydrogen-bond acceptors (Lipinski definition) is 3. The highest BCUT2D eigenvalue weighted by Gasteiger charge is 2.31. The number of aliphatic carboxylic acids is 1. The summed E-state index contributed by atoms with van der Waals surface area (Å²) in [5, 5.41) is 9.15. The number of carboxylic acid groups (broad SMARTS) is 1. The van der Waals surface area contributed by atoms with E-state index >= 15 is 0 Å². The van der Waals surface area contributed by atoms with Crippen LogP contribution < -0.4 is 5.73 Å². The Hall–Kier alpha value is -1.88. The van der Waals surface area contributed by atoms with Gasteiger partial charge < -0.3 is 10.8 Å². The Balaban J connectivity index is 2.27. The van der Waals surface area contributed by atoms with Crippen LogP contribution in [0, 0.1) is 0 Å². The lowest BCUT2D eigenvalue weighted by molar-refractivity contribution is -0.144. The second-order valence-corrected chi connectivity index (χ2v) is 4.20. The third kappa shape index (κ3) is 2.45. The van der Waals surface area contributed by atoms with Crippen LogP contribution in [0.15, 0.2) is 24.3 Å². The van der Waals surface area contributed by atoms with E-state index in [9.17, 15) is 9.59 Å². The summed E-state index contributed by atoms with van der Waals surface area (Å²) in [7, 11) is 0. The van der Waals surface area contributed by atoms with Crippen molar-refractivity contribution in [3.8, 4) is 0 Å². The molecule has 1 aromatic carbocycles. The van der Waals surface area contributed by atoms with Crippen molar-refractivity contribution >= 4 is 11.9 Å². The first kappa shape index (κ1) is 11.6. The fraction of sp³-hybridized carbons (Fsp3) is 0.333. The molecule has 0 saturated carbocycles. The zero-order chi connectivity index (χ0) is 12.4. The highest BCUT2D eigenvalue weighted by atomic mass is 16.4. The largest absolute Gasteiger partial charge is 0.480 e. The van der Waals surface area contributed by atoms with Gasteiger partial charge in [0, 0.05) is 6.54 Å². The van der Waals surface area contributed by atoms with Crippen molar-refractivity contribution in [1.82, 2.24) is 4.90 Å². The van der Waals surface area contributed by atoms with Crippen molar-refractivity contribution in [3.63, 3.8) is 0 Å². The predicted octanol–water partition coefficient (Wildman–Crippen LogP) is -0.0168. The Labute approximate surface area is 98.8 Å². The summed E-state index contributed by atoms with van der Waals surface area (Å²) < 4.78 is 0. The van der Waals surface area contributed by atoms with Crippen LogP contribution in [-0.4, -0.2) is 34.5 Å². The van der Waals surface area contributed by atoms with Crippen LogP contribution in [0.5, 0.6) is 0 Å². The molecule has 3 N–H and O–H groups in total. The molecule has 5 nitrogen and oxygen atoms in total. The third-order valence-electron chi connectivity index (χ3n) is 2.99. The maximum atomic E-state index is 11.2. The first-order valence-electron chi connectivity index (χ1n) is 5.40. The van der Waals surface area contributed by atoms with Gasteiger partial charge in [-0.25, -0.2) is 0 Å². The monoisotopic (exact) mass is 234 g/mol. The van der Waals surface area contributed by atoms with Crippen molar-refractivity contribution in [2.24, 2.45) is 5.73 Å². The zero-order valence-electron chi connectivity index (χ0n) is 9.30. The molecule has 90 valence electrons. The molecule has 1 aliphatic heterocycles. The molecule has 1 aliphatic rings. The lowest BCUT2D eigenvalue weighted by atomic mass is 9.94. The van der Waals surface area contributed by atoms with Crippen LogP contribution in [0.1, 0.15) is 11.1 Å². The molecule has 0 fully saturated rings. The number of hydrogen-bond donors (Lipinski definition) is 2. The SMILES string of the molecule is NC(=O)CN1Cc2ccccc2CC1C(=O)O. The average molecular weight is 234 g/mol. The van der Waals surface area contributed by atoms with Crippen LogP contribution in [-0.2, 0) is 22.6 Å². The predicted molar refractivity (Wildman–Crippen MR) is 61.2 cm³/mol. The summed E-state index contributed by atoms with van der Waals surface area (Å²) >= 11 is 0. The number of carboxylic acids is 1. The van der Waals surface area contributed by atoms with E-state index in [0.29, 0.717) is 13.0 Å². The van der Waals surface area contributed by atoms with Crippen LogP contribution >= 0.6 is 0 Å². The highest BCUT2D eigenvalue weighted by Crippen LogP contribution is 2.22. The summed E-state index contributed by atoms with van der Waals surface area (Å²) in [5.74, 6) is -1.42. The Morgan fingerprint density at radius 3 is 2.59 bits per heavy atom. The van der Waals surface area contributed by atoms with Crippen molar-refractivity contribution in [1.29, 1.82) is 0 Å². The highest BCUT2D eigenvalue weighted by molar-refractivity contribution is 5.79. The molecule has 0 bridgehead atoms. The molecule has 17 heavy (non-hydrogen) atoms. The number of carbonyl (C=O) groups is 2. The number of primary amides is 1. The van der Waals surface area contributed by atoms with Gasteiger partial charge in [0.05, 0.1) is 6.54 Å². The van der Waals surface area contributed by atoms with Gasteiger partial charge in [0.25, 0.3) is 0 Å². The van der Waals surface area contributed by atoms with E-state index in [1.807, 2.05) is 24.3 Å². The van der Waals surface area contributed by atoms with E-state index in [-0.39, 0.29) is 6.54 Å². The van der Waals surface area contributed by atoms with Gasteiger partial charge in [-0.05, 0) is 17.5 Å². The molecule has 0 saturated heterocycles. The van der Waals surface area contributed by atoms with Crippen LogP contribution in [0.3, 0.4) is 0 Å². The van der Waals surface area contributed by atoms with Gasteiger partial charge in [-0.2, -0.15) is 0 Å². The third-order valence-corrected chi connectivity index (χ3v) is 2.99.